The van der Waals surface area contributed by atoms with Crippen molar-refractivity contribution in [3.05, 3.63) is 60.2 Å². The highest BCUT2D eigenvalue weighted by Crippen LogP contribution is 2.27. The minimum Gasteiger partial charge on any atom is -0.468 e. The molecule has 0 unspecified atom stereocenters. The van der Waals surface area contributed by atoms with Crippen LogP contribution in [0.3, 0.4) is 0 Å². The zero-order valence-electron chi connectivity index (χ0n) is 17.2. The van der Waals surface area contributed by atoms with E-state index >= 15 is 0 Å². The van der Waals surface area contributed by atoms with Gasteiger partial charge in [0.2, 0.25) is 10.0 Å². The lowest BCUT2D eigenvalue weighted by atomic mass is 10.1. The molecule has 30 heavy (non-hydrogen) atoms. The average molecular weight is 429 g/mol. The number of carbonyl (C=O) groups excluding carboxylic acids is 1. The van der Waals surface area contributed by atoms with Gasteiger partial charge in [0.1, 0.15) is 11.7 Å². The van der Waals surface area contributed by atoms with Crippen molar-refractivity contribution in [2.45, 2.75) is 31.7 Å². The van der Waals surface area contributed by atoms with E-state index in [1.807, 2.05) is 31.2 Å². The van der Waals surface area contributed by atoms with Crippen LogP contribution < -0.4 is 4.72 Å². The van der Waals surface area contributed by atoms with Crippen molar-refractivity contribution >= 4 is 16.0 Å². The largest absolute Gasteiger partial charge is 0.468 e. The Balaban J connectivity index is 1.81. The summed E-state index contributed by atoms with van der Waals surface area (Å²) in [4.78, 5) is 11.9. The Hall–Kier alpha value is -2.97. The molecule has 0 spiro atoms. The molecule has 3 aromatic rings. The molecule has 0 aliphatic carbocycles. The van der Waals surface area contributed by atoms with Gasteiger partial charge in [0.15, 0.2) is 5.76 Å². The Morgan fingerprint density at radius 2 is 1.63 bits per heavy atom. The number of carbonyl (C=O) groups is 1. The summed E-state index contributed by atoms with van der Waals surface area (Å²) >= 11 is 0. The number of hydrogen-bond donors (Lipinski definition) is 1. The Morgan fingerprint density at radius 3 is 2.20 bits per heavy atom. The van der Waals surface area contributed by atoms with Crippen LogP contribution >= 0.6 is 0 Å². The number of benzene rings is 2. The summed E-state index contributed by atoms with van der Waals surface area (Å²) in [5.41, 5.74) is 3.47. The average Bonchev–Trinajstić information content (AvgIpc) is 3.22. The van der Waals surface area contributed by atoms with Crippen molar-refractivity contribution in [1.29, 1.82) is 0 Å². The van der Waals surface area contributed by atoms with Crippen molar-refractivity contribution in [3.63, 3.8) is 0 Å². The van der Waals surface area contributed by atoms with Crippen LogP contribution in [0.15, 0.2) is 64.0 Å². The molecule has 1 atom stereocenters. The molecule has 2 aromatic carbocycles. The summed E-state index contributed by atoms with van der Waals surface area (Å²) < 4.78 is 37.9. The van der Waals surface area contributed by atoms with Crippen molar-refractivity contribution in [2.75, 3.05) is 7.11 Å². The highest BCUT2D eigenvalue weighted by atomic mass is 32.2. The summed E-state index contributed by atoms with van der Waals surface area (Å²) in [6.07, 6.45) is 0. The van der Waals surface area contributed by atoms with Crippen LogP contribution in [0.2, 0.25) is 0 Å². The molecule has 0 saturated carbocycles. The van der Waals surface area contributed by atoms with Crippen molar-refractivity contribution in [2.24, 2.45) is 5.92 Å². The van der Waals surface area contributed by atoms with Gasteiger partial charge in [-0.15, -0.1) is 0 Å². The van der Waals surface area contributed by atoms with E-state index in [0.717, 1.165) is 11.1 Å². The number of aryl methyl sites for hydroxylation is 1. The van der Waals surface area contributed by atoms with Crippen molar-refractivity contribution < 1.29 is 22.5 Å². The van der Waals surface area contributed by atoms with Gasteiger partial charge in [0.05, 0.1) is 12.0 Å². The number of rotatable bonds is 7. The number of nitrogens with one attached hydrogen (secondary N) is 1. The number of nitrogens with zero attached hydrogens (tertiary/aromatic N) is 1. The van der Waals surface area contributed by atoms with Gasteiger partial charge in [-0.2, -0.15) is 4.72 Å². The lowest BCUT2D eigenvalue weighted by Gasteiger charge is -2.19. The van der Waals surface area contributed by atoms with Crippen LogP contribution in [0.5, 0.6) is 0 Å². The predicted molar refractivity (Wildman–Crippen MR) is 113 cm³/mol. The standard InChI is InChI=1S/C22H24N2O5S/c1-14(2)21(22(25)28-4)24-30(26,27)18-11-9-17(10-12-18)20-13-19(23-29-20)16-7-5-15(3)6-8-16/h5-14,21,24H,1-4H3/t21-/m1/s1. The highest BCUT2D eigenvalue weighted by molar-refractivity contribution is 7.89. The molecule has 0 aliphatic rings. The van der Waals surface area contributed by atoms with Crippen LogP contribution in [0.1, 0.15) is 19.4 Å². The number of hydrogen-bond acceptors (Lipinski definition) is 6. The van der Waals surface area contributed by atoms with Crippen LogP contribution in [0.25, 0.3) is 22.6 Å². The summed E-state index contributed by atoms with van der Waals surface area (Å²) in [5, 5.41) is 4.09. The van der Waals surface area contributed by atoms with Gasteiger partial charge in [-0.1, -0.05) is 48.8 Å². The fraction of sp³-hybridized carbons (Fsp3) is 0.273. The summed E-state index contributed by atoms with van der Waals surface area (Å²) in [6.45, 7) is 5.49. The Bertz CT molecular complexity index is 1120. The molecule has 1 aromatic heterocycles. The van der Waals surface area contributed by atoms with E-state index in [1.54, 1.807) is 32.0 Å². The molecule has 3 rings (SSSR count). The minimum atomic E-state index is -3.90. The molecule has 1 heterocycles. The quantitative estimate of drug-likeness (QED) is 0.575. The van der Waals surface area contributed by atoms with Crippen molar-refractivity contribution in [3.8, 4) is 22.6 Å². The fourth-order valence-electron chi connectivity index (χ4n) is 2.89. The van der Waals surface area contributed by atoms with Crippen molar-refractivity contribution in [1.82, 2.24) is 9.88 Å². The lowest BCUT2D eigenvalue weighted by Crippen LogP contribution is -2.44. The van der Waals surface area contributed by atoms with E-state index in [2.05, 4.69) is 9.88 Å². The zero-order valence-corrected chi connectivity index (χ0v) is 18.1. The SMILES string of the molecule is COC(=O)[C@H](NS(=O)(=O)c1ccc(-c2cc(-c3ccc(C)cc3)no2)cc1)C(C)C. The molecule has 1 N–H and O–H groups in total. The lowest BCUT2D eigenvalue weighted by molar-refractivity contribution is -0.143. The molecule has 0 aliphatic heterocycles. The number of aromatic nitrogens is 1. The summed E-state index contributed by atoms with van der Waals surface area (Å²) in [7, 11) is -2.67. The van der Waals surface area contributed by atoms with E-state index in [0.29, 0.717) is 17.0 Å². The first-order valence-corrected chi connectivity index (χ1v) is 10.9. The second-order valence-electron chi connectivity index (χ2n) is 7.33. The van der Waals surface area contributed by atoms with E-state index in [-0.39, 0.29) is 10.8 Å². The first-order valence-electron chi connectivity index (χ1n) is 9.45. The maximum absolute atomic E-state index is 12.7. The van der Waals surface area contributed by atoms with Gasteiger partial charge in [-0.05, 0) is 37.1 Å². The van der Waals surface area contributed by atoms with Gasteiger partial charge in [0, 0.05) is 17.2 Å². The first-order chi connectivity index (χ1) is 14.2. The summed E-state index contributed by atoms with van der Waals surface area (Å²) in [5.74, 6) is -0.367. The van der Waals surface area contributed by atoms with Gasteiger partial charge < -0.3 is 9.26 Å². The third kappa shape index (κ3) is 4.77. The normalized spacial score (nSPS) is 12.7. The molecule has 8 heteroatoms. The van der Waals surface area contributed by atoms with E-state index in [4.69, 9.17) is 9.26 Å². The number of ether oxygens (including phenoxy) is 1. The van der Waals surface area contributed by atoms with Crippen LogP contribution in [-0.4, -0.2) is 32.7 Å². The Morgan fingerprint density at radius 1 is 1.03 bits per heavy atom. The minimum absolute atomic E-state index is 0.0408. The second-order valence-corrected chi connectivity index (χ2v) is 9.05. The van der Waals surface area contributed by atoms with Crippen LogP contribution in [0.4, 0.5) is 0 Å². The highest BCUT2D eigenvalue weighted by Gasteiger charge is 2.29. The Kier molecular flexibility index (Phi) is 6.38. The molecule has 0 amide bonds. The van der Waals surface area contributed by atoms with Crippen LogP contribution in [0, 0.1) is 12.8 Å². The van der Waals surface area contributed by atoms with Gasteiger partial charge in [0.25, 0.3) is 0 Å². The number of methoxy groups -OCH3 is 1. The number of sulfonamides is 1. The third-order valence-corrected chi connectivity index (χ3v) is 6.17. The van der Waals surface area contributed by atoms with E-state index < -0.39 is 22.0 Å². The smallest absolute Gasteiger partial charge is 0.324 e. The molecule has 7 nitrogen and oxygen atoms in total. The predicted octanol–water partition coefficient (Wildman–Crippen LogP) is 3.79. The maximum atomic E-state index is 12.7. The second kappa shape index (κ2) is 8.81. The van der Waals surface area contributed by atoms with E-state index in [9.17, 15) is 13.2 Å². The molecular formula is C22H24N2O5S. The maximum Gasteiger partial charge on any atom is 0.324 e. The molecular weight excluding hydrogens is 404 g/mol. The first kappa shape index (κ1) is 21.7. The van der Waals surface area contributed by atoms with Gasteiger partial charge in [-0.25, -0.2) is 8.42 Å². The molecule has 0 bridgehead atoms. The summed E-state index contributed by atoms with van der Waals surface area (Å²) in [6, 6.07) is 14.9. The van der Waals surface area contributed by atoms with Gasteiger partial charge >= 0.3 is 5.97 Å². The molecule has 0 saturated heterocycles. The zero-order chi connectivity index (χ0) is 21.9. The van der Waals surface area contributed by atoms with E-state index in [1.165, 1.54) is 19.2 Å². The molecule has 158 valence electrons. The van der Waals surface area contributed by atoms with Gasteiger partial charge in [-0.3, -0.25) is 4.79 Å². The molecule has 0 fully saturated rings. The number of esters is 1. The molecule has 0 radical (unpaired) electrons. The monoisotopic (exact) mass is 428 g/mol. The third-order valence-electron chi connectivity index (χ3n) is 4.71. The topological polar surface area (TPSA) is 98.5 Å². The van der Waals surface area contributed by atoms with Crippen LogP contribution in [-0.2, 0) is 19.6 Å². The fourth-order valence-corrected chi connectivity index (χ4v) is 4.22. The Labute approximate surface area is 176 Å².